The highest BCUT2D eigenvalue weighted by molar-refractivity contribution is 5.77. The molecule has 4 heteroatoms. The van der Waals surface area contributed by atoms with E-state index in [2.05, 4.69) is 22.3 Å². The van der Waals surface area contributed by atoms with Crippen LogP contribution in [-0.4, -0.2) is 30.1 Å². The van der Waals surface area contributed by atoms with Crippen molar-refractivity contribution < 1.29 is 9.90 Å². The van der Waals surface area contributed by atoms with Crippen molar-refractivity contribution in [2.45, 2.75) is 37.8 Å². The number of anilines is 1. The zero-order valence-corrected chi connectivity index (χ0v) is 14.7. The fourth-order valence-electron chi connectivity index (χ4n) is 3.46. The second-order valence-corrected chi connectivity index (χ2v) is 7.00. The number of carbonyl (C=O) groups is 1. The lowest BCUT2D eigenvalue weighted by atomic mass is 9.92. The normalized spacial score (nSPS) is 19.9. The zero-order valence-electron chi connectivity index (χ0n) is 14.7. The van der Waals surface area contributed by atoms with Crippen LogP contribution < -0.4 is 10.2 Å². The molecule has 1 fully saturated rings. The lowest BCUT2D eigenvalue weighted by Gasteiger charge is -2.35. The summed E-state index contributed by atoms with van der Waals surface area (Å²) >= 11 is 0. The topological polar surface area (TPSA) is 52.6 Å². The minimum absolute atomic E-state index is 0.0683. The van der Waals surface area contributed by atoms with Crippen LogP contribution in [0.1, 0.15) is 31.7 Å². The molecule has 1 heterocycles. The molecule has 1 amide bonds. The minimum atomic E-state index is -1.15. The Hall–Kier alpha value is -2.33. The average molecular weight is 338 g/mol. The van der Waals surface area contributed by atoms with E-state index in [0.29, 0.717) is 0 Å². The van der Waals surface area contributed by atoms with Crippen LogP contribution in [-0.2, 0) is 10.4 Å². The summed E-state index contributed by atoms with van der Waals surface area (Å²) in [7, 11) is 0. The van der Waals surface area contributed by atoms with Gasteiger partial charge in [0.05, 0.1) is 12.0 Å². The van der Waals surface area contributed by atoms with E-state index in [4.69, 9.17) is 0 Å². The molecular weight excluding hydrogens is 312 g/mol. The van der Waals surface area contributed by atoms with E-state index in [-0.39, 0.29) is 18.4 Å². The molecule has 2 unspecified atom stereocenters. The molecule has 3 rings (SSSR count). The molecule has 2 atom stereocenters. The Morgan fingerprint density at radius 2 is 1.80 bits per heavy atom. The average Bonchev–Trinajstić information content (AvgIpc) is 2.63. The molecular formula is C21H26N2O2. The smallest absolute Gasteiger partial charge is 0.223 e. The molecule has 2 N–H and O–H groups in total. The van der Waals surface area contributed by atoms with Gasteiger partial charge in [-0.2, -0.15) is 0 Å². The lowest BCUT2D eigenvalue weighted by molar-refractivity contribution is -0.126. The van der Waals surface area contributed by atoms with E-state index in [9.17, 15) is 9.90 Å². The molecule has 25 heavy (non-hydrogen) atoms. The summed E-state index contributed by atoms with van der Waals surface area (Å²) in [6.45, 7) is 3.51. The fraction of sp³-hybridized carbons (Fsp3) is 0.381. The molecule has 1 aliphatic heterocycles. The van der Waals surface area contributed by atoms with Crippen LogP contribution in [0.5, 0.6) is 0 Å². The van der Waals surface area contributed by atoms with Crippen LogP contribution >= 0.6 is 0 Å². The van der Waals surface area contributed by atoms with Crippen molar-refractivity contribution in [3.8, 4) is 0 Å². The summed E-state index contributed by atoms with van der Waals surface area (Å²) in [5.41, 5.74) is 0.802. The van der Waals surface area contributed by atoms with E-state index < -0.39 is 5.60 Å². The second-order valence-electron chi connectivity index (χ2n) is 7.00. The molecule has 0 saturated carbocycles. The molecule has 0 bridgehead atoms. The van der Waals surface area contributed by atoms with Crippen LogP contribution in [0, 0.1) is 0 Å². The predicted molar refractivity (Wildman–Crippen MR) is 100 cm³/mol. The number of rotatable bonds is 5. The molecule has 0 spiro atoms. The molecule has 0 aromatic heterocycles. The third kappa shape index (κ3) is 4.60. The summed E-state index contributed by atoms with van der Waals surface area (Å²) in [5.74, 6) is -0.103. The van der Waals surface area contributed by atoms with Crippen molar-refractivity contribution in [2.75, 3.05) is 18.0 Å². The Kier molecular flexibility index (Phi) is 5.39. The number of nitrogens with one attached hydrogen (secondary N) is 1. The van der Waals surface area contributed by atoms with Gasteiger partial charge in [-0.3, -0.25) is 4.79 Å². The van der Waals surface area contributed by atoms with Gasteiger partial charge in [0, 0.05) is 24.8 Å². The van der Waals surface area contributed by atoms with Gasteiger partial charge in [-0.05, 0) is 37.5 Å². The number of nitrogens with zero attached hydrogens (tertiary/aromatic N) is 1. The Morgan fingerprint density at radius 1 is 1.16 bits per heavy atom. The first kappa shape index (κ1) is 17.5. The van der Waals surface area contributed by atoms with Gasteiger partial charge in [0.25, 0.3) is 0 Å². The first-order valence-electron chi connectivity index (χ1n) is 8.92. The maximum Gasteiger partial charge on any atom is 0.223 e. The summed E-state index contributed by atoms with van der Waals surface area (Å²) < 4.78 is 0. The van der Waals surface area contributed by atoms with Crippen molar-refractivity contribution >= 4 is 11.6 Å². The van der Waals surface area contributed by atoms with Crippen molar-refractivity contribution in [3.05, 3.63) is 66.2 Å². The predicted octanol–water partition coefficient (Wildman–Crippen LogP) is 3.07. The van der Waals surface area contributed by atoms with Crippen LogP contribution in [0.2, 0.25) is 0 Å². The first-order valence-corrected chi connectivity index (χ1v) is 8.92. The van der Waals surface area contributed by atoms with E-state index in [1.165, 1.54) is 5.69 Å². The van der Waals surface area contributed by atoms with Gasteiger partial charge >= 0.3 is 0 Å². The zero-order chi connectivity index (χ0) is 17.7. The van der Waals surface area contributed by atoms with Gasteiger partial charge in [-0.15, -0.1) is 0 Å². The molecule has 1 aliphatic rings. The maximum atomic E-state index is 12.5. The molecule has 132 valence electrons. The lowest BCUT2D eigenvalue weighted by Crippen LogP contribution is -2.48. The van der Waals surface area contributed by atoms with Crippen molar-refractivity contribution in [2.24, 2.45) is 0 Å². The highest BCUT2D eigenvalue weighted by Gasteiger charge is 2.28. The molecule has 2 aromatic rings. The Labute approximate surface area is 149 Å². The Bertz CT molecular complexity index is 686. The first-order chi connectivity index (χ1) is 12.0. The number of para-hydroxylation sites is 1. The molecule has 2 aromatic carbocycles. The van der Waals surface area contributed by atoms with Gasteiger partial charge in [-0.25, -0.2) is 0 Å². The number of benzene rings is 2. The van der Waals surface area contributed by atoms with E-state index in [1.807, 2.05) is 48.5 Å². The number of hydrogen-bond acceptors (Lipinski definition) is 3. The molecule has 0 radical (unpaired) electrons. The largest absolute Gasteiger partial charge is 0.385 e. The molecule has 1 saturated heterocycles. The maximum absolute atomic E-state index is 12.5. The Morgan fingerprint density at radius 3 is 2.48 bits per heavy atom. The SMILES string of the molecule is CC(O)(CC(=O)NC1CCCN(c2ccccc2)C1)c1ccccc1. The standard InChI is InChI=1S/C21H26N2O2/c1-21(25,17-9-4-2-5-10-17)15-20(24)22-18-11-8-14-23(16-18)19-12-6-3-7-13-19/h2-7,9-10,12-13,18,25H,8,11,14-16H2,1H3,(H,22,24). The number of aliphatic hydroxyl groups is 1. The second kappa shape index (κ2) is 7.70. The number of hydrogen-bond donors (Lipinski definition) is 2. The number of amides is 1. The number of carbonyl (C=O) groups excluding carboxylic acids is 1. The summed E-state index contributed by atoms with van der Waals surface area (Å²) in [4.78, 5) is 14.8. The minimum Gasteiger partial charge on any atom is -0.385 e. The van der Waals surface area contributed by atoms with Gasteiger partial charge in [0.1, 0.15) is 0 Å². The van der Waals surface area contributed by atoms with Crippen LogP contribution in [0.3, 0.4) is 0 Å². The van der Waals surface area contributed by atoms with Crippen molar-refractivity contribution in [1.29, 1.82) is 0 Å². The van der Waals surface area contributed by atoms with Crippen molar-refractivity contribution in [1.82, 2.24) is 5.32 Å². The summed E-state index contributed by atoms with van der Waals surface area (Å²) in [5, 5.41) is 13.7. The number of piperidine rings is 1. The van der Waals surface area contributed by atoms with Crippen LogP contribution in [0.4, 0.5) is 5.69 Å². The van der Waals surface area contributed by atoms with Crippen molar-refractivity contribution in [3.63, 3.8) is 0 Å². The molecule has 4 nitrogen and oxygen atoms in total. The summed E-state index contributed by atoms with van der Waals surface area (Å²) in [6.07, 6.45) is 2.09. The molecule has 0 aliphatic carbocycles. The summed E-state index contributed by atoms with van der Waals surface area (Å²) in [6, 6.07) is 19.8. The van der Waals surface area contributed by atoms with E-state index >= 15 is 0 Å². The van der Waals surface area contributed by atoms with Gasteiger partial charge in [0.15, 0.2) is 0 Å². The fourth-order valence-corrected chi connectivity index (χ4v) is 3.46. The monoisotopic (exact) mass is 338 g/mol. The van der Waals surface area contributed by atoms with Gasteiger partial charge in [0.2, 0.25) is 5.91 Å². The van der Waals surface area contributed by atoms with Gasteiger partial charge < -0.3 is 15.3 Å². The van der Waals surface area contributed by atoms with E-state index in [0.717, 1.165) is 31.5 Å². The third-order valence-electron chi connectivity index (χ3n) is 4.81. The highest BCUT2D eigenvalue weighted by Crippen LogP contribution is 2.24. The quantitative estimate of drug-likeness (QED) is 0.881. The van der Waals surface area contributed by atoms with Gasteiger partial charge in [-0.1, -0.05) is 48.5 Å². The van der Waals surface area contributed by atoms with Crippen LogP contribution in [0.25, 0.3) is 0 Å². The highest BCUT2D eigenvalue weighted by atomic mass is 16.3. The Balaban J connectivity index is 1.57. The van der Waals surface area contributed by atoms with Crippen LogP contribution in [0.15, 0.2) is 60.7 Å². The third-order valence-corrected chi connectivity index (χ3v) is 4.81. The van der Waals surface area contributed by atoms with E-state index in [1.54, 1.807) is 6.92 Å².